The Morgan fingerprint density at radius 2 is 2.36 bits per heavy atom. The maximum Gasteiger partial charge on any atom is 0.367 e. The number of pyridine rings is 1. The molecule has 1 aliphatic carbocycles. The molecular formula is C9H10N2O3. The monoisotopic (exact) mass is 194 g/mol. The fraction of sp³-hybridized carbons (Fsp3) is 0.444. The molecule has 1 aromatic heterocycles. The van der Waals surface area contributed by atoms with E-state index in [1.54, 1.807) is 12.1 Å². The first kappa shape index (κ1) is 9.08. The van der Waals surface area contributed by atoms with Crippen molar-refractivity contribution in [3.63, 3.8) is 0 Å². The quantitative estimate of drug-likeness (QED) is 0.575. The predicted octanol–water partition coefficient (Wildman–Crippen LogP) is 1.01. The van der Waals surface area contributed by atoms with Gasteiger partial charge in [0, 0.05) is 5.41 Å². The van der Waals surface area contributed by atoms with Crippen LogP contribution in [0, 0.1) is 10.1 Å². The minimum atomic E-state index is -0.495. The molecule has 0 bridgehead atoms. The molecule has 0 spiro atoms. The second-order valence-electron chi connectivity index (χ2n) is 3.57. The van der Waals surface area contributed by atoms with Crippen molar-refractivity contribution in [1.82, 2.24) is 4.98 Å². The lowest BCUT2D eigenvalue weighted by Crippen LogP contribution is -2.14. The number of aliphatic hydroxyl groups excluding tert-OH is 1. The highest BCUT2D eigenvalue weighted by Crippen LogP contribution is 2.49. The molecule has 0 saturated heterocycles. The van der Waals surface area contributed by atoms with Crippen LogP contribution in [0.3, 0.4) is 0 Å². The molecule has 0 radical (unpaired) electrons. The summed E-state index contributed by atoms with van der Waals surface area (Å²) in [5.41, 5.74) is 0.170. The summed E-state index contributed by atoms with van der Waals surface area (Å²) >= 11 is 0. The van der Waals surface area contributed by atoms with Gasteiger partial charge in [0.15, 0.2) is 0 Å². The third-order valence-corrected chi connectivity index (χ3v) is 2.69. The smallest absolute Gasteiger partial charge is 0.367 e. The Morgan fingerprint density at radius 3 is 2.86 bits per heavy atom. The molecule has 0 amide bonds. The van der Waals surface area contributed by atoms with Crippen molar-refractivity contribution in [3.8, 4) is 0 Å². The van der Waals surface area contributed by atoms with Crippen LogP contribution in [0.4, 0.5) is 5.82 Å². The van der Waals surface area contributed by atoms with Crippen LogP contribution in [0.2, 0.25) is 0 Å². The lowest BCUT2D eigenvalue weighted by molar-refractivity contribution is -0.390. The Hall–Kier alpha value is -1.49. The average molecular weight is 194 g/mol. The largest absolute Gasteiger partial charge is 0.395 e. The summed E-state index contributed by atoms with van der Waals surface area (Å²) in [7, 11) is 0. The molecule has 5 heteroatoms. The summed E-state index contributed by atoms with van der Waals surface area (Å²) in [4.78, 5) is 13.9. The maximum atomic E-state index is 10.7. The molecule has 0 aliphatic heterocycles. The highest BCUT2D eigenvalue weighted by atomic mass is 16.6. The predicted molar refractivity (Wildman–Crippen MR) is 48.9 cm³/mol. The number of hydrogen-bond donors (Lipinski definition) is 1. The summed E-state index contributed by atoms with van der Waals surface area (Å²) in [5.74, 6) is -0.126. The van der Waals surface area contributed by atoms with E-state index in [9.17, 15) is 10.1 Å². The van der Waals surface area contributed by atoms with Crippen LogP contribution in [0.5, 0.6) is 0 Å². The number of hydrogen-bond acceptors (Lipinski definition) is 4. The third kappa shape index (κ3) is 1.26. The van der Waals surface area contributed by atoms with E-state index in [2.05, 4.69) is 4.98 Å². The van der Waals surface area contributed by atoms with Crippen LogP contribution in [0.1, 0.15) is 18.4 Å². The molecule has 1 N–H and O–H groups in total. The number of nitrogens with zero attached hydrogens (tertiary/aromatic N) is 2. The van der Waals surface area contributed by atoms with Gasteiger partial charge >= 0.3 is 5.82 Å². The van der Waals surface area contributed by atoms with Gasteiger partial charge in [-0.05, 0) is 34.9 Å². The first-order chi connectivity index (χ1) is 6.69. The molecule has 2 rings (SSSR count). The van der Waals surface area contributed by atoms with Crippen molar-refractivity contribution in [3.05, 3.63) is 34.0 Å². The van der Waals surface area contributed by atoms with Gasteiger partial charge in [0.1, 0.15) is 6.20 Å². The van der Waals surface area contributed by atoms with Crippen LogP contribution in [-0.4, -0.2) is 21.6 Å². The Labute approximate surface area is 80.6 Å². The van der Waals surface area contributed by atoms with Gasteiger partial charge in [-0.2, -0.15) is 0 Å². The summed E-state index contributed by atoms with van der Waals surface area (Å²) < 4.78 is 0. The van der Waals surface area contributed by atoms with Crippen molar-refractivity contribution < 1.29 is 10.0 Å². The Kier molecular flexibility index (Phi) is 1.96. The van der Waals surface area contributed by atoms with Crippen molar-refractivity contribution in [2.75, 3.05) is 6.61 Å². The van der Waals surface area contributed by atoms with Crippen molar-refractivity contribution in [2.24, 2.45) is 0 Å². The zero-order valence-electron chi connectivity index (χ0n) is 7.51. The SMILES string of the molecule is O=[N+]([O-])c1ncccc1C1(CO)CC1. The summed E-state index contributed by atoms with van der Waals surface area (Å²) in [6.07, 6.45) is 3.00. The molecule has 14 heavy (non-hydrogen) atoms. The lowest BCUT2D eigenvalue weighted by Gasteiger charge is -2.10. The molecule has 74 valence electrons. The highest BCUT2D eigenvalue weighted by Gasteiger charge is 2.48. The van der Waals surface area contributed by atoms with E-state index in [1.165, 1.54) is 6.20 Å². The van der Waals surface area contributed by atoms with Gasteiger partial charge < -0.3 is 15.2 Å². The van der Waals surface area contributed by atoms with Gasteiger partial charge in [0.05, 0.1) is 12.2 Å². The van der Waals surface area contributed by atoms with Gasteiger partial charge in [0.2, 0.25) is 0 Å². The summed E-state index contributed by atoms with van der Waals surface area (Å²) in [6.45, 7) is -0.0421. The van der Waals surface area contributed by atoms with Crippen molar-refractivity contribution >= 4 is 5.82 Å². The molecule has 1 saturated carbocycles. The zero-order chi connectivity index (χ0) is 10.2. The number of nitro groups is 1. The standard InChI is InChI=1S/C9H10N2O3/c12-6-9(3-4-9)7-2-1-5-10-8(7)11(13)14/h1-2,5,12H,3-4,6H2. The van der Waals surface area contributed by atoms with E-state index in [-0.39, 0.29) is 12.4 Å². The lowest BCUT2D eigenvalue weighted by atomic mass is 9.98. The van der Waals surface area contributed by atoms with E-state index in [0.29, 0.717) is 5.56 Å². The van der Waals surface area contributed by atoms with Crippen molar-refractivity contribution in [2.45, 2.75) is 18.3 Å². The van der Waals surface area contributed by atoms with E-state index >= 15 is 0 Å². The minimum Gasteiger partial charge on any atom is -0.395 e. The average Bonchev–Trinajstić information content (AvgIpc) is 2.98. The van der Waals surface area contributed by atoms with Gasteiger partial charge in [-0.15, -0.1) is 0 Å². The van der Waals surface area contributed by atoms with E-state index < -0.39 is 10.3 Å². The molecule has 1 aliphatic rings. The zero-order valence-corrected chi connectivity index (χ0v) is 7.51. The Balaban J connectivity index is 2.47. The molecule has 1 heterocycles. The van der Waals surface area contributed by atoms with Gasteiger partial charge in [-0.25, -0.2) is 0 Å². The normalized spacial score (nSPS) is 17.8. The maximum absolute atomic E-state index is 10.7. The fourth-order valence-corrected chi connectivity index (χ4v) is 1.62. The van der Waals surface area contributed by atoms with Crippen LogP contribution in [-0.2, 0) is 5.41 Å². The highest BCUT2D eigenvalue weighted by molar-refractivity contribution is 5.42. The third-order valence-electron chi connectivity index (χ3n) is 2.69. The number of aromatic nitrogens is 1. The van der Waals surface area contributed by atoms with Gasteiger partial charge in [-0.1, -0.05) is 0 Å². The minimum absolute atomic E-state index is 0.0421. The first-order valence-electron chi connectivity index (χ1n) is 4.40. The van der Waals surface area contributed by atoms with E-state index in [1.807, 2.05) is 0 Å². The molecule has 0 aromatic carbocycles. The Morgan fingerprint density at radius 1 is 1.64 bits per heavy atom. The van der Waals surface area contributed by atoms with Crippen LogP contribution in [0.25, 0.3) is 0 Å². The molecule has 5 nitrogen and oxygen atoms in total. The van der Waals surface area contributed by atoms with Crippen molar-refractivity contribution in [1.29, 1.82) is 0 Å². The van der Waals surface area contributed by atoms with Crippen LogP contribution in [0.15, 0.2) is 18.3 Å². The Bertz CT molecular complexity index is 374. The summed E-state index contributed by atoms with van der Waals surface area (Å²) in [6, 6.07) is 3.34. The van der Waals surface area contributed by atoms with Gasteiger partial charge in [0.25, 0.3) is 0 Å². The van der Waals surface area contributed by atoms with E-state index in [0.717, 1.165) is 12.8 Å². The molecule has 0 unspecified atom stereocenters. The van der Waals surface area contributed by atoms with Gasteiger partial charge in [-0.3, -0.25) is 0 Å². The molecular weight excluding hydrogens is 184 g/mol. The summed E-state index contributed by atoms with van der Waals surface area (Å²) in [5, 5.41) is 19.8. The second-order valence-corrected chi connectivity index (χ2v) is 3.57. The van der Waals surface area contributed by atoms with Crippen LogP contribution >= 0.6 is 0 Å². The molecule has 1 aromatic rings. The topological polar surface area (TPSA) is 76.3 Å². The number of aliphatic hydroxyl groups is 1. The molecule has 0 atom stereocenters. The van der Waals surface area contributed by atoms with E-state index in [4.69, 9.17) is 5.11 Å². The second kappa shape index (κ2) is 3.02. The van der Waals surface area contributed by atoms with Crippen LogP contribution < -0.4 is 0 Å². The first-order valence-corrected chi connectivity index (χ1v) is 4.40. The molecule has 1 fully saturated rings. The number of rotatable bonds is 3. The fourth-order valence-electron chi connectivity index (χ4n) is 1.62.